The van der Waals surface area contributed by atoms with Gasteiger partial charge in [-0.2, -0.15) is 0 Å². The molecule has 1 amide bonds. The van der Waals surface area contributed by atoms with Crippen LogP contribution in [0.2, 0.25) is 0 Å². The first-order valence-corrected chi connectivity index (χ1v) is 6.39. The molecule has 1 aromatic carbocycles. The van der Waals surface area contributed by atoms with E-state index in [0.717, 1.165) is 6.07 Å². The number of ether oxygens (including phenoxy) is 1. The van der Waals surface area contributed by atoms with E-state index < -0.39 is 36.4 Å². The van der Waals surface area contributed by atoms with Crippen LogP contribution in [0.3, 0.4) is 0 Å². The molecule has 0 aromatic heterocycles. The van der Waals surface area contributed by atoms with Crippen molar-refractivity contribution in [2.45, 2.75) is 38.7 Å². The first-order valence-electron chi connectivity index (χ1n) is 6.39. The maximum Gasteiger partial charge on any atom is 0.412 e. The lowest BCUT2D eigenvalue weighted by Crippen LogP contribution is -2.30. The molecule has 1 aromatic rings. The second-order valence-electron chi connectivity index (χ2n) is 5.67. The average molecular weight is 304 g/mol. The van der Waals surface area contributed by atoms with Crippen molar-refractivity contribution in [2.24, 2.45) is 5.73 Å². The molecule has 0 spiro atoms. The molecule has 0 saturated heterocycles. The van der Waals surface area contributed by atoms with E-state index in [1.165, 1.54) is 12.1 Å². The molecule has 4 nitrogen and oxygen atoms in total. The van der Waals surface area contributed by atoms with E-state index in [9.17, 15) is 18.0 Å². The van der Waals surface area contributed by atoms with E-state index in [1.54, 1.807) is 20.8 Å². The van der Waals surface area contributed by atoms with E-state index in [2.05, 4.69) is 5.32 Å². The number of hydrogen-bond donors (Lipinski definition) is 2. The van der Waals surface area contributed by atoms with E-state index in [1.807, 2.05) is 0 Å². The Morgan fingerprint density at radius 1 is 1.33 bits per heavy atom. The van der Waals surface area contributed by atoms with Crippen molar-refractivity contribution < 1.29 is 22.7 Å². The Morgan fingerprint density at radius 2 is 1.95 bits per heavy atom. The van der Waals surface area contributed by atoms with Crippen LogP contribution in [0, 0.1) is 5.82 Å². The van der Waals surface area contributed by atoms with Crippen molar-refractivity contribution in [3.63, 3.8) is 0 Å². The molecule has 7 heteroatoms. The van der Waals surface area contributed by atoms with Crippen LogP contribution in [-0.2, 0) is 11.2 Å². The van der Waals surface area contributed by atoms with Gasteiger partial charge in [-0.1, -0.05) is 6.07 Å². The Labute approximate surface area is 121 Å². The first kappa shape index (κ1) is 17.3. The highest BCUT2D eigenvalue weighted by Crippen LogP contribution is 2.23. The molecule has 21 heavy (non-hydrogen) atoms. The summed E-state index contributed by atoms with van der Waals surface area (Å²) in [5.74, 6) is -4.00. The lowest BCUT2D eigenvalue weighted by atomic mass is 10.1. The van der Waals surface area contributed by atoms with Crippen LogP contribution in [0.5, 0.6) is 0 Å². The molecule has 3 N–H and O–H groups in total. The van der Waals surface area contributed by atoms with Gasteiger partial charge in [0.1, 0.15) is 11.4 Å². The SMILES string of the molecule is CC(C)(C)OC(=O)Nc1ccc(CC(F)(F)CN)c(F)c1. The van der Waals surface area contributed by atoms with Crippen LogP contribution < -0.4 is 11.1 Å². The lowest BCUT2D eigenvalue weighted by Gasteiger charge is -2.20. The number of carbonyl (C=O) groups excluding carboxylic acids is 1. The van der Waals surface area contributed by atoms with Crippen LogP contribution in [0.1, 0.15) is 26.3 Å². The normalized spacial score (nSPS) is 12.1. The summed E-state index contributed by atoms with van der Waals surface area (Å²) in [5.41, 5.74) is 4.18. The molecule has 0 fully saturated rings. The number of anilines is 1. The highest BCUT2D eigenvalue weighted by Gasteiger charge is 2.28. The zero-order chi connectivity index (χ0) is 16.3. The Balaban J connectivity index is 2.77. The number of hydrogen-bond acceptors (Lipinski definition) is 3. The van der Waals surface area contributed by atoms with Gasteiger partial charge < -0.3 is 10.5 Å². The summed E-state index contributed by atoms with van der Waals surface area (Å²) in [5, 5.41) is 2.33. The van der Waals surface area contributed by atoms with Crippen molar-refractivity contribution in [3.05, 3.63) is 29.6 Å². The molecule has 0 radical (unpaired) electrons. The third-order valence-electron chi connectivity index (χ3n) is 2.45. The number of amides is 1. The van der Waals surface area contributed by atoms with E-state index in [-0.39, 0.29) is 11.3 Å². The summed E-state index contributed by atoms with van der Waals surface area (Å²) in [6.07, 6.45) is -1.54. The van der Waals surface area contributed by atoms with Gasteiger partial charge in [0.05, 0.1) is 6.54 Å². The van der Waals surface area contributed by atoms with E-state index >= 15 is 0 Å². The molecule has 0 bridgehead atoms. The fourth-order valence-electron chi connectivity index (χ4n) is 1.54. The summed E-state index contributed by atoms with van der Waals surface area (Å²) >= 11 is 0. The molecule has 0 aliphatic heterocycles. The van der Waals surface area contributed by atoms with Gasteiger partial charge in [-0.05, 0) is 38.5 Å². The number of rotatable bonds is 4. The number of nitrogens with two attached hydrogens (primary N) is 1. The van der Waals surface area contributed by atoms with E-state index in [0.29, 0.717) is 0 Å². The van der Waals surface area contributed by atoms with Crippen LogP contribution in [0.15, 0.2) is 18.2 Å². The molecule has 0 aliphatic carbocycles. The lowest BCUT2D eigenvalue weighted by molar-refractivity contribution is 0.0107. The predicted octanol–water partition coefficient (Wildman–Crippen LogP) is 3.31. The highest BCUT2D eigenvalue weighted by molar-refractivity contribution is 5.84. The van der Waals surface area contributed by atoms with Crippen LogP contribution >= 0.6 is 0 Å². The standard InChI is InChI=1S/C14H19F3N2O2/c1-13(2,3)21-12(20)19-10-5-4-9(11(15)6-10)7-14(16,17)8-18/h4-6H,7-8,18H2,1-3H3,(H,19,20). The third kappa shape index (κ3) is 6.03. The van der Waals surface area contributed by atoms with Crippen LogP contribution in [0.25, 0.3) is 0 Å². The second-order valence-corrected chi connectivity index (χ2v) is 5.67. The quantitative estimate of drug-likeness (QED) is 0.897. The molecule has 1 rings (SSSR count). The second kappa shape index (κ2) is 6.34. The van der Waals surface area contributed by atoms with Crippen molar-refractivity contribution in [3.8, 4) is 0 Å². The first-order chi connectivity index (χ1) is 9.52. The number of benzene rings is 1. The number of alkyl halides is 2. The largest absolute Gasteiger partial charge is 0.444 e. The van der Waals surface area contributed by atoms with Gasteiger partial charge in [0.2, 0.25) is 0 Å². The maximum absolute atomic E-state index is 13.7. The summed E-state index contributed by atoms with van der Waals surface area (Å²) in [7, 11) is 0. The van der Waals surface area contributed by atoms with Gasteiger partial charge in [-0.25, -0.2) is 18.0 Å². The predicted molar refractivity (Wildman–Crippen MR) is 74.0 cm³/mol. The highest BCUT2D eigenvalue weighted by atomic mass is 19.3. The van der Waals surface area contributed by atoms with Crippen molar-refractivity contribution in [2.75, 3.05) is 11.9 Å². The Morgan fingerprint density at radius 3 is 2.43 bits per heavy atom. The minimum Gasteiger partial charge on any atom is -0.444 e. The summed E-state index contributed by atoms with van der Waals surface area (Å²) < 4.78 is 45.0. The Bertz CT molecular complexity index is 513. The molecule has 0 heterocycles. The molecule has 0 saturated carbocycles. The average Bonchev–Trinajstić information content (AvgIpc) is 2.30. The maximum atomic E-state index is 13.7. The van der Waals surface area contributed by atoms with Gasteiger partial charge >= 0.3 is 6.09 Å². The van der Waals surface area contributed by atoms with Gasteiger partial charge in [-0.15, -0.1) is 0 Å². The molecular weight excluding hydrogens is 285 g/mol. The topological polar surface area (TPSA) is 64.3 Å². The molecule has 118 valence electrons. The van der Waals surface area contributed by atoms with Crippen LogP contribution in [0.4, 0.5) is 23.7 Å². The fourth-order valence-corrected chi connectivity index (χ4v) is 1.54. The minimum atomic E-state index is -3.17. The number of halogens is 3. The smallest absolute Gasteiger partial charge is 0.412 e. The van der Waals surface area contributed by atoms with Gasteiger partial charge in [0.25, 0.3) is 5.92 Å². The van der Waals surface area contributed by atoms with Crippen molar-refractivity contribution in [1.29, 1.82) is 0 Å². The number of carbonyl (C=O) groups is 1. The molecular formula is C14H19F3N2O2. The van der Waals surface area contributed by atoms with Crippen molar-refractivity contribution >= 4 is 11.8 Å². The number of nitrogens with one attached hydrogen (secondary N) is 1. The Hall–Kier alpha value is -1.76. The zero-order valence-corrected chi connectivity index (χ0v) is 12.2. The molecule has 0 aliphatic rings. The summed E-state index contributed by atoms with van der Waals surface area (Å²) in [6.45, 7) is 4.20. The van der Waals surface area contributed by atoms with Crippen LogP contribution in [-0.4, -0.2) is 24.2 Å². The van der Waals surface area contributed by atoms with E-state index in [4.69, 9.17) is 10.5 Å². The minimum absolute atomic E-state index is 0.126. The summed E-state index contributed by atoms with van der Waals surface area (Å²) in [4.78, 5) is 11.5. The zero-order valence-electron chi connectivity index (χ0n) is 12.2. The molecule has 0 atom stereocenters. The summed E-state index contributed by atoms with van der Waals surface area (Å²) in [6, 6.07) is 3.48. The van der Waals surface area contributed by atoms with Gasteiger partial charge in [0, 0.05) is 12.1 Å². The van der Waals surface area contributed by atoms with Gasteiger partial charge in [0.15, 0.2) is 0 Å². The van der Waals surface area contributed by atoms with Gasteiger partial charge in [-0.3, -0.25) is 5.32 Å². The molecule has 0 unspecified atom stereocenters. The fraction of sp³-hybridized carbons (Fsp3) is 0.500. The Kier molecular flexibility index (Phi) is 5.22. The third-order valence-corrected chi connectivity index (χ3v) is 2.45. The monoisotopic (exact) mass is 304 g/mol. The van der Waals surface area contributed by atoms with Crippen molar-refractivity contribution in [1.82, 2.24) is 0 Å².